The van der Waals surface area contributed by atoms with Gasteiger partial charge in [0.15, 0.2) is 0 Å². The van der Waals surface area contributed by atoms with Gasteiger partial charge in [-0.2, -0.15) is 0 Å². The minimum Gasteiger partial charge on any atom is -0.455 e. The summed E-state index contributed by atoms with van der Waals surface area (Å²) < 4.78 is 5.48. The molecule has 2 rings (SSSR count). The molecule has 2 unspecified atom stereocenters. The van der Waals surface area contributed by atoms with Crippen molar-refractivity contribution in [2.45, 2.75) is 19.1 Å². The van der Waals surface area contributed by atoms with E-state index >= 15 is 0 Å². The van der Waals surface area contributed by atoms with Crippen molar-refractivity contribution >= 4 is 23.0 Å². The van der Waals surface area contributed by atoms with E-state index in [9.17, 15) is 0 Å². The van der Waals surface area contributed by atoms with Crippen LogP contribution in [0.4, 0.5) is 0 Å². The van der Waals surface area contributed by atoms with Crippen molar-refractivity contribution < 1.29 is 4.74 Å². The first-order chi connectivity index (χ1) is 6.70. The van der Waals surface area contributed by atoms with Crippen LogP contribution in [-0.2, 0) is 4.74 Å². The maximum absolute atomic E-state index is 7.57. The molecule has 1 aromatic rings. The van der Waals surface area contributed by atoms with Crippen molar-refractivity contribution in [1.82, 2.24) is 4.90 Å². The minimum absolute atomic E-state index is 0. The lowest BCUT2D eigenvalue weighted by atomic mass is 10.0. The number of nitrogens with zero attached hydrogens (tertiary/aromatic N) is 1. The standard InChI is InChI=1S/C11H14N2O.BrH/c1-8-10(14-11(12)13(8)2)9-6-4-3-5-7-9;/h3-8,10,12H,1-2H3;1H. The molecule has 0 saturated carbocycles. The van der Waals surface area contributed by atoms with Crippen molar-refractivity contribution in [1.29, 1.82) is 5.41 Å². The highest BCUT2D eigenvalue weighted by atomic mass is 79.9. The number of hydrogen-bond acceptors (Lipinski definition) is 2. The topological polar surface area (TPSA) is 36.3 Å². The quantitative estimate of drug-likeness (QED) is 0.852. The summed E-state index contributed by atoms with van der Waals surface area (Å²) in [6.45, 7) is 2.07. The van der Waals surface area contributed by atoms with Gasteiger partial charge in [-0.15, -0.1) is 17.0 Å². The molecule has 1 heterocycles. The van der Waals surface area contributed by atoms with Crippen LogP contribution in [0, 0.1) is 5.41 Å². The van der Waals surface area contributed by atoms with Crippen LogP contribution < -0.4 is 0 Å². The van der Waals surface area contributed by atoms with Gasteiger partial charge >= 0.3 is 0 Å². The molecule has 1 saturated heterocycles. The second-order valence-electron chi connectivity index (χ2n) is 3.61. The lowest BCUT2D eigenvalue weighted by molar-refractivity contribution is 0.201. The Balaban J connectivity index is 0.00000112. The van der Waals surface area contributed by atoms with E-state index in [1.807, 2.05) is 42.3 Å². The van der Waals surface area contributed by atoms with E-state index in [0.29, 0.717) is 0 Å². The van der Waals surface area contributed by atoms with Gasteiger partial charge in [-0.25, -0.2) is 0 Å². The zero-order valence-corrected chi connectivity index (χ0v) is 10.5. The zero-order chi connectivity index (χ0) is 10.1. The number of halogens is 1. The van der Waals surface area contributed by atoms with Crippen LogP contribution in [0.5, 0.6) is 0 Å². The van der Waals surface area contributed by atoms with Gasteiger partial charge in [0.1, 0.15) is 6.10 Å². The summed E-state index contributed by atoms with van der Waals surface area (Å²) in [5, 5.41) is 7.57. The molecular formula is C11H15BrN2O. The fraction of sp³-hybridized carbons (Fsp3) is 0.364. The highest BCUT2D eigenvalue weighted by Gasteiger charge is 2.34. The molecule has 0 aliphatic carbocycles. The SMILES string of the molecule is Br.CC1C(c2ccccc2)OC(=N)N1C. The molecule has 1 aliphatic heterocycles. The maximum atomic E-state index is 7.57. The third-order valence-corrected chi connectivity index (χ3v) is 2.74. The van der Waals surface area contributed by atoms with Crippen LogP contribution in [0.3, 0.4) is 0 Å². The van der Waals surface area contributed by atoms with E-state index in [1.165, 1.54) is 0 Å². The van der Waals surface area contributed by atoms with Crippen LogP contribution >= 0.6 is 17.0 Å². The first-order valence-electron chi connectivity index (χ1n) is 4.73. The number of rotatable bonds is 1. The molecular weight excluding hydrogens is 256 g/mol. The van der Waals surface area contributed by atoms with Crippen molar-refractivity contribution in [3.8, 4) is 0 Å². The van der Waals surface area contributed by atoms with Crippen LogP contribution in [0.15, 0.2) is 30.3 Å². The minimum atomic E-state index is -0.00583. The van der Waals surface area contributed by atoms with Gasteiger partial charge < -0.3 is 9.64 Å². The van der Waals surface area contributed by atoms with Gasteiger partial charge in [-0.05, 0) is 12.5 Å². The van der Waals surface area contributed by atoms with E-state index in [-0.39, 0.29) is 35.1 Å². The van der Waals surface area contributed by atoms with E-state index < -0.39 is 0 Å². The third-order valence-electron chi connectivity index (χ3n) is 2.74. The molecule has 0 amide bonds. The number of nitrogens with one attached hydrogen (secondary N) is 1. The fourth-order valence-electron chi connectivity index (χ4n) is 1.68. The first kappa shape index (κ1) is 12.0. The van der Waals surface area contributed by atoms with Gasteiger partial charge in [-0.3, -0.25) is 5.41 Å². The zero-order valence-electron chi connectivity index (χ0n) is 8.81. The maximum Gasteiger partial charge on any atom is 0.285 e. The second-order valence-corrected chi connectivity index (χ2v) is 3.61. The summed E-state index contributed by atoms with van der Waals surface area (Å²) in [7, 11) is 1.88. The lowest BCUT2D eigenvalue weighted by Crippen LogP contribution is -2.27. The number of ether oxygens (including phenoxy) is 1. The van der Waals surface area contributed by atoms with Gasteiger partial charge in [-0.1, -0.05) is 30.3 Å². The Hall–Kier alpha value is -1.03. The van der Waals surface area contributed by atoms with Crippen molar-refractivity contribution in [3.63, 3.8) is 0 Å². The highest BCUT2D eigenvalue weighted by molar-refractivity contribution is 8.93. The molecule has 1 aromatic carbocycles. The molecule has 1 aliphatic rings. The van der Waals surface area contributed by atoms with Gasteiger partial charge in [0.25, 0.3) is 6.02 Å². The molecule has 15 heavy (non-hydrogen) atoms. The van der Waals surface area contributed by atoms with E-state index in [1.54, 1.807) is 0 Å². The van der Waals surface area contributed by atoms with Crippen LogP contribution in [0.25, 0.3) is 0 Å². The Morgan fingerprint density at radius 1 is 1.27 bits per heavy atom. The molecule has 1 N–H and O–H groups in total. The fourth-order valence-corrected chi connectivity index (χ4v) is 1.68. The van der Waals surface area contributed by atoms with E-state index in [4.69, 9.17) is 10.1 Å². The number of amidine groups is 1. The van der Waals surface area contributed by atoms with Crippen LogP contribution in [0.2, 0.25) is 0 Å². The molecule has 82 valence electrons. The summed E-state index contributed by atoms with van der Waals surface area (Å²) in [5.74, 6) is 0. The Morgan fingerprint density at radius 2 is 1.87 bits per heavy atom. The van der Waals surface area contributed by atoms with Crippen molar-refractivity contribution in [3.05, 3.63) is 35.9 Å². The molecule has 2 atom stereocenters. The summed E-state index contributed by atoms with van der Waals surface area (Å²) in [4.78, 5) is 1.84. The Kier molecular flexibility index (Phi) is 3.74. The molecule has 0 spiro atoms. The summed E-state index contributed by atoms with van der Waals surface area (Å²) >= 11 is 0. The number of hydrogen-bond donors (Lipinski definition) is 1. The van der Waals surface area contributed by atoms with Gasteiger partial charge in [0, 0.05) is 7.05 Å². The molecule has 3 nitrogen and oxygen atoms in total. The summed E-state index contributed by atoms with van der Waals surface area (Å²) in [5.41, 5.74) is 1.13. The predicted molar refractivity (Wildman–Crippen MR) is 65.5 cm³/mol. The Labute approximate surface area is 100 Å². The summed E-state index contributed by atoms with van der Waals surface area (Å²) in [6, 6.07) is 10.5. The molecule has 0 radical (unpaired) electrons. The Morgan fingerprint density at radius 3 is 2.33 bits per heavy atom. The molecule has 4 heteroatoms. The second kappa shape index (κ2) is 4.66. The lowest BCUT2D eigenvalue weighted by Gasteiger charge is -2.16. The van der Waals surface area contributed by atoms with E-state index in [2.05, 4.69) is 6.92 Å². The average molecular weight is 271 g/mol. The predicted octanol–water partition coefficient (Wildman–Crippen LogP) is 2.59. The molecule has 0 bridgehead atoms. The van der Waals surface area contributed by atoms with E-state index in [0.717, 1.165) is 5.56 Å². The Bertz CT molecular complexity index is 342. The largest absolute Gasteiger partial charge is 0.455 e. The van der Waals surface area contributed by atoms with Crippen LogP contribution in [0.1, 0.15) is 18.6 Å². The number of likely N-dealkylation sites (N-methyl/N-ethyl adjacent to an activating group) is 1. The van der Waals surface area contributed by atoms with Crippen molar-refractivity contribution in [2.75, 3.05) is 7.05 Å². The normalized spacial score (nSPS) is 24.7. The highest BCUT2D eigenvalue weighted by Crippen LogP contribution is 2.30. The monoisotopic (exact) mass is 270 g/mol. The van der Waals surface area contributed by atoms with Gasteiger partial charge in [0.05, 0.1) is 6.04 Å². The van der Waals surface area contributed by atoms with Gasteiger partial charge in [0.2, 0.25) is 0 Å². The summed E-state index contributed by atoms with van der Waals surface area (Å²) in [6.07, 6.45) is -0.00583. The first-order valence-corrected chi connectivity index (χ1v) is 4.73. The third kappa shape index (κ3) is 2.15. The number of benzene rings is 1. The smallest absolute Gasteiger partial charge is 0.285 e. The average Bonchev–Trinajstić information content (AvgIpc) is 2.47. The molecule has 0 aromatic heterocycles. The molecule has 1 fully saturated rings. The van der Waals surface area contributed by atoms with Crippen LogP contribution in [-0.4, -0.2) is 24.0 Å². The van der Waals surface area contributed by atoms with Crippen molar-refractivity contribution in [2.24, 2.45) is 0 Å².